The lowest BCUT2D eigenvalue weighted by Gasteiger charge is -2.53. The molecular formula is C19H30N2O4. The summed E-state index contributed by atoms with van der Waals surface area (Å²) in [5.41, 5.74) is 0. The van der Waals surface area contributed by atoms with Crippen LogP contribution in [-0.2, 0) is 14.3 Å². The predicted octanol–water partition coefficient (Wildman–Crippen LogP) is 2.47. The summed E-state index contributed by atoms with van der Waals surface area (Å²) in [6.07, 6.45) is 6.73. The first-order chi connectivity index (χ1) is 11.9. The van der Waals surface area contributed by atoms with E-state index in [0.717, 1.165) is 43.9 Å². The summed E-state index contributed by atoms with van der Waals surface area (Å²) in [7, 11) is 0. The van der Waals surface area contributed by atoms with E-state index in [-0.39, 0.29) is 18.5 Å². The molecule has 140 valence electrons. The Kier molecular flexibility index (Phi) is 5.64. The SMILES string of the molecule is CC(C)CCNC(=O)NC(=O)COC(=O)C1C2CC3CC(C2)CC1C3. The molecule has 4 aliphatic rings. The molecule has 0 unspecified atom stereocenters. The summed E-state index contributed by atoms with van der Waals surface area (Å²) in [6.45, 7) is 4.27. The van der Waals surface area contributed by atoms with Gasteiger partial charge in [-0.25, -0.2) is 4.79 Å². The van der Waals surface area contributed by atoms with Crippen LogP contribution in [0.3, 0.4) is 0 Å². The number of hydrogen-bond donors (Lipinski definition) is 2. The zero-order valence-corrected chi connectivity index (χ0v) is 15.3. The van der Waals surface area contributed by atoms with Crippen LogP contribution in [0.5, 0.6) is 0 Å². The molecule has 2 N–H and O–H groups in total. The van der Waals surface area contributed by atoms with Crippen molar-refractivity contribution in [2.45, 2.75) is 52.4 Å². The van der Waals surface area contributed by atoms with Gasteiger partial charge in [-0.15, -0.1) is 0 Å². The van der Waals surface area contributed by atoms with Gasteiger partial charge in [0.05, 0.1) is 5.92 Å². The van der Waals surface area contributed by atoms with Gasteiger partial charge in [0.1, 0.15) is 0 Å². The van der Waals surface area contributed by atoms with E-state index in [1.807, 2.05) is 0 Å². The standard InChI is InChI=1S/C19H30N2O4/c1-11(2)3-4-20-19(24)21-16(22)10-25-18(23)17-14-6-12-5-13(8-14)9-15(17)7-12/h11-15,17H,3-10H2,1-2H3,(H2,20,21,22,24). The first kappa shape index (κ1) is 18.2. The van der Waals surface area contributed by atoms with Crippen LogP contribution >= 0.6 is 0 Å². The highest BCUT2D eigenvalue weighted by molar-refractivity contribution is 5.95. The number of imide groups is 1. The summed E-state index contributed by atoms with van der Waals surface area (Å²) in [5.74, 6) is 2.09. The Hall–Kier alpha value is -1.59. The minimum absolute atomic E-state index is 0.0412. The van der Waals surface area contributed by atoms with Crippen LogP contribution in [0, 0.1) is 35.5 Å². The zero-order valence-electron chi connectivity index (χ0n) is 15.3. The van der Waals surface area contributed by atoms with Gasteiger partial charge in [0.15, 0.2) is 6.61 Å². The van der Waals surface area contributed by atoms with Crippen molar-refractivity contribution in [2.75, 3.05) is 13.2 Å². The molecule has 0 aromatic rings. The Morgan fingerprint density at radius 2 is 1.60 bits per heavy atom. The zero-order chi connectivity index (χ0) is 18.0. The van der Waals surface area contributed by atoms with Gasteiger partial charge in [0.2, 0.25) is 0 Å². The highest BCUT2D eigenvalue weighted by Gasteiger charge is 2.51. The molecule has 4 bridgehead atoms. The lowest BCUT2D eigenvalue weighted by Crippen LogP contribution is -2.49. The van der Waals surface area contributed by atoms with Crippen molar-refractivity contribution in [1.82, 2.24) is 10.6 Å². The van der Waals surface area contributed by atoms with Crippen molar-refractivity contribution in [2.24, 2.45) is 35.5 Å². The number of nitrogens with one attached hydrogen (secondary N) is 2. The summed E-state index contributed by atoms with van der Waals surface area (Å²) < 4.78 is 5.24. The minimum Gasteiger partial charge on any atom is -0.455 e. The van der Waals surface area contributed by atoms with Crippen LogP contribution in [0.15, 0.2) is 0 Å². The molecule has 4 saturated carbocycles. The number of esters is 1. The number of urea groups is 1. The maximum Gasteiger partial charge on any atom is 0.321 e. The summed E-state index contributed by atoms with van der Waals surface area (Å²) in [6, 6.07) is -0.531. The quantitative estimate of drug-likeness (QED) is 0.721. The van der Waals surface area contributed by atoms with Gasteiger partial charge in [0.25, 0.3) is 5.91 Å². The molecule has 25 heavy (non-hydrogen) atoms. The molecule has 0 heterocycles. The third-order valence-corrected chi connectivity index (χ3v) is 6.10. The molecule has 0 spiro atoms. The molecule has 0 radical (unpaired) electrons. The van der Waals surface area contributed by atoms with Gasteiger partial charge in [-0.1, -0.05) is 13.8 Å². The van der Waals surface area contributed by atoms with Gasteiger partial charge < -0.3 is 10.1 Å². The van der Waals surface area contributed by atoms with E-state index in [9.17, 15) is 14.4 Å². The first-order valence-corrected chi connectivity index (χ1v) is 9.66. The maximum atomic E-state index is 12.5. The second-order valence-corrected chi connectivity index (χ2v) is 8.55. The Morgan fingerprint density at radius 3 is 2.16 bits per heavy atom. The molecule has 4 aliphatic carbocycles. The van der Waals surface area contributed by atoms with E-state index in [0.29, 0.717) is 24.3 Å². The van der Waals surface area contributed by atoms with Crippen LogP contribution in [0.25, 0.3) is 0 Å². The predicted molar refractivity (Wildman–Crippen MR) is 92.5 cm³/mol. The second-order valence-electron chi connectivity index (χ2n) is 8.55. The summed E-state index contributed by atoms with van der Waals surface area (Å²) in [4.78, 5) is 35.9. The van der Waals surface area contributed by atoms with Gasteiger partial charge in [-0.05, 0) is 68.1 Å². The first-order valence-electron chi connectivity index (χ1n) is 9.66. The number of ether oxygens (including phenoxy) is 1. The average Bonchev–Trinajstić information content (AvgIpc) is 2.51. The lowest BCUT2D eigenvalue weighted by molar-refractivity contribution is -0.164. The van der Waals surface area contributed by atoms with Crippen molar-refractivity contribution in [3.05, 3.63) is 0 Å². The van der Waals surface area contributed by atoms with Crippen LogP contribution in [0.1, 0.15) is 52.4 Å². The van der Waals surface area contributed by atoms with E-state index in [2.05, 4.69) is 24.5 Å². The highest BCUT2D eigenvalue weighted by atomic mass is 16.5. The average molecular weight is 350 g/mol. The molecule has 0 aromatic carbocycles. The Morgan fingerprint density at radius 1 is 1.00 bits per heavy atom. The van der Waals surface area contributed by atoms with Crippen LogP contribution in [0.2, 0.25) is 0 Å². The van der Waals surface area contributed by atoms with E-state index in [1.54, 1.807) is 0 Å². The maximum absolute atomic E-state index is 12.5. The summed E-state index contributed by atoms with van der Waals surface area (Å²) in [5, 5.41) is 4.84. The van der Waals surface area contributed by atoms with Gasteiger partial charge in [-0.3, -0.25) is 14.9 Å². The van der Waals surface area contributed by atoms with E-state index in [4.69, 9.17) is 4.74 Å². The van der Waals surface area contributed by atoms with Crippen molar-refractivity contribution < 1.29 is 19.1 Å². The van der Waals surface area contributed by atoms with Crippen LogP contribution in [-0.4, -0.2) is 31.1 Å². The molecule has 0 aromatic heterocycles. The van der Waals surface area contributed by atoms with Gasteiger partial charge in [-0.2, -0.15) is 0 Å². The number of hydrogen-bond acceptors (Lipinski definition) is 4. The Bertz CT molecular complexity index is 504. The number of carbonyl (C=O) groups excluding carboxylic acids is 3. The third kappa shape index (κ3) is 4.53. The molecular weight excluding hydrogens is 320 g/mol. The third-order valence-electron chi connectivity index (χ3n) is 6.10. The van der Waals surface area contributed by atoms with Gasteiger partial charge >= 0.3 is 12.0 Å². The molecule has 4 rings (SSSR count). The van der Waals surface area contributed by atoms with Crippen LogP contribution < -0.4 is 10.6 Å². The Labute approximate surface area is 149 Å². The molecule has 4 fully saturated rings. The summed E-state index contributed by atoms with van der Waals surface area (Å²) >= 11 is 0. The highest BCUT2D eigenvalue weighted by Crippen LogP contribution is 2.56. The van der Waals surface area contributed by atoms with E-state index < -0.39 is 11.9 Å². The molecule has 0 saturated heterocycles. The van der Waals surface area contributed by atoms with Crippen molar-refractivity contribution >= 4 is 17.9 Å². The monoisotopic (exact) mass is 350 g/mol. The van der Waals surface area contributed by atoms with E-state index in [1.165, 1.54) is 6.42 Å². The molecule has 6 nitrogen and oxygen atoms in total. The van der Waals surface area contributed by atoms with E-state index >= 15 is 0 Å². The fraction of sp³-hybridized carbons (Fsp3) is 0.842. The normalized spacial score (nSPS) is 32.5. The molecule has 0 atom stereocenters. The fourth-order valence-electron chi connectivity index (χ4n) is 5.22. The van der Waals surface area contributed by atoms with Crippen molar-refractivity contribution in [3.8, 4) is 0 Å². The number of amides is 3. The van der Waals surface area contributed by atoms with Gasteiger partial charge in [0, 0.05) is 6.54 Å². The minimum atomic E-state index is -0.570. The molecule has 3 amide bonds. The fourth-order valence-corrected chi connectivity index (χ4v) is 5.22. The van der Waals surface area contributed by atoms with Crippen molar-refractivity contribution in [1.29, 1.82) is 0 Å². The lowest BCUT2D eigenvalue weighted by atomic mass is 9.52. The molecule has 0 aliphatic heterocycles. The molecule has 6 heteroatoms. The largest absolute Gasteiger partial charge is 0.455 e. The number of rotatable bonds is 6. The second kappa shape index (κ2) is 7.75. The van der Waals surface area contributed by atoms with Crippen LogP contribution in [0.4, 0.5) is 4.79 Å². The number of carbonyl (C=O) groups is 3. The Balaban J connectivity index is 1.39. The topological polar surface area (TPSA) is 84.5 Å². The van der Waals surface area contributed by atoms with Crippen molar-refractivity contribution in [3.63, 3.8) is 0 Å². The smallest absolute Gasteiger partial charge is 0.321 e.